The molecule has 2 aliphatic rings. The van der Waals surface area contributed by atoms with E-state index in [1.54, 1.807) is 0 Å². The van der Waals surface area contributed by atoms with E-state index in [2.05, 4.69) is 30.1 Å². The Bertz CT molecular complexity index is 487. The van der Waals surface area contributed by atoms with Crippen molar-refractivity contribution in [2.24, 2.45) is 0 Å². The second kappa shape index (κ2) is 5.84. The number of hydrogen-bond acceptors (Lipinski definition) is 2. The maximum Gasteiger partial charge on any atom is 0.0639 e. The van der Waals surface area contributed by atoms with Crippen LogP contribution >= 0.6 is 23.2 Å². The molecule has 0 radical (unpaired) electrons. The van der Waals surface area contributed by atoms with Crippen molar-refractivity contribution >= 4 is 23.2 Å². The molecule has 0 spiro atoms. The molecule has 2 fully saturated rings. The fourth-order valence-corrected chi connectivity index (χ4v) is 3.86. The number of halogens is 2. The van der Waals surface area contributed by atoms with Crippen molar-refractivity contribution in [3.63, 3.8) is 0 Å². The first-order valence-electron chi connectivity index (χ1n) is 7.52. The van der Waals surface area contributed by atoms with Crippen LogP contribution in [0.3, 0.4) is 0 Å². The van der Waals surface area contributed by atoms with E-state index in [0.29, 0.717) is 22.1 Å². The van der Waals surface area contributed by atoms with Crippen LogP contribution in [0.5, 0.6) is 0 Å². The van der Waals surface area contributed by atoms with E-state index in [-0.39, 0.29) is 6.04 Å². The van der Waals surface area contributed by atoms with Gasteiger partial charge in [-0.15, -0.1) is 0 Å². The molecule has 0 amide bonds. The predicted molar refractivity (Wildman–Crippen MR) is 85.6 cm³/mol. The third kappa shape index (κ3) is 2.99. The molecule has 0 aromatic heterocycles. The molecule has 1 aliphatic carbocycles. The number of nitrogens with zero attached hydrogens (tertiary/aromatic N) is 1. The smallest absolute Gasteiger partial charge is 0.0639 e. The van der Waals surface area contributed by atoms with Crippen molar-refractivity contribution in [3.05, 3.63) is 33.8 Å². The highest BCUT2D eigenvalue weighted by Crippen LogP contribution is 2.35. The van der Waals surface area contributed by atoms with Gasteiger partial charge in [0.2, 0.25) is 0 Å². The second-order valence-corrected chi connectivity index (χ2v) is 7.03. The summed E-state index contributed by atoms with van der Waals surface area (Å²) in [4.78, 5) is 2.66. The first-order chi connectivity index (χ1) is 9.56. The van der Waals surface area contributed by atoms with Crippen molar-refractivity contribution < 1.29 is 0 Å². The number of benzene rings is 1. The maximum absolute atomic E-state index is 6.31. The molecule has 1 heterocycles. The minimum Gasteiger partial charge on any atom is -0.306 e. The lowest BCUT2D eigenvalue weighted by molar-refractivity contribution is 0.254. The lowest BCUT2D eigenvalue weighted by Gasteiger charge is -2.22. The average molecular weight is 313 g/mol. The van der Waals surface area contributed by atoms with Gasteiger partial charge in [0.1, 0.15) is 0 Å². The van der Waals surface area contributed by atoms with Gasteiger partial charge >= 0.3 is 0 Å². The van der Waals surface area contributed by atoms with Gasteiger partial charge in [0.05, 0.1) is 10.0 Å². The summed E-state index contributed by atoms with van der Waals surface area (Å²) in [5.74, 6) is 0. The normalized spacial score (nSPS) is 28.8. The molecule has 110 valence electrons. The van der Waals surface area contributed by atoms with E-state index >= 15 is 0 Å². The number of likely N-dealkylation sites (tertiary alicyclic amines) is 1. The summed E-state index contributed by atoms with van der Waals surface area (Å²) in [7, 11) is 0. The highest BCUT2D eigenvalue weighted by Gasteiger charge is 2.39. The van der Waals surface area contributed by atoms with Gasteiger partial charge in [0.25, 0.3) is 0 Å². The van der Waals surface area contributed by atoms with E-state index in [0.717, 1.165) is 18.2 Å². The zero-order valence-corrected chi connectivity index (χ0v) is 13.6. The average Bonchev–Trinajstić information content (AvgIpc) is 3.17. The quantitative estimate of drug-likeness (QED) is 0.893. The van der Waals surface area contributed by atoms with Crippen LogP contribution in [0.15, 0.2) is 18.2 Å². The van der Waals surface area contributed by atoms with Gasteiger partial charge in [-0.1, -0.05) is 35.3 Å². The fourth-order valence-electron chi connectivity index (χ4n) is 3.39. The van der Waals surface area contributed by atoms with E-state index in [9.17, 15) is 0 Å². The molecule has 1 N–H and O–H groups in total. The van der Waals surface area contributed by atoms with Crippen LogP contribution in [-0.2, 0) is 0 Å². The predicted octanol–water partition coefficient (Wildman–Crippen LogP) is 4.27. The number of nitrogens with one attached hydrogen (secondary N) is 1. The van der Waals surface area contributed by atoms with Crippen LogP contribution in [0, 0.1) is 0 Å². The van der Waals surface area contributed by atoms with E-state index < -0.39 is 0 Å². The molecular weight excluding hydrogens is 291 g/mol. The van der Waals surface area contributed by atoms with Crippen molar-refractivity contribution in [3.8, 4) is 0 Å². The minimum atomic E-state index is 0.234. The highest BCUT2D eigenvalue weighted by atomic mass is 35.5. The second-order valence-electron chi connectivity index (χ2n) is 6.24. The topological polar surface area (TPSA) is 15.3 Å². The summed E-state index contributed by atoms with van der Waals surface area (Å²) in [6.45, 7) is 5.67. The number of rotatable bonds is 4. The SMILES string of the molecule is C[C@H](N[C@@H]1C[C@H](C)N(C2CC2)C1)c1cccc(Cl)c1Cl. The van der Waals surface area contributed by atoms with Crippen LogP contribution in [0.1, 0.15) is 44.7 Å². The Balaban J connectivity index is 1.64. The summed E-state index contributed by atoms with van der Waals surface area (Å²) in [5.41, 5.74) is 1.09. The van der Waals surface area contributed by atoms with Crippen molar-refractivity contribution in [2.45, 2.75) is 57.3 Å². The molecule has 3 rings (SSSR count). The van der Waals surface area contributed by atoms with Gasteiger partial charge in [-0.2, -0.15) is 0 Å². The largest absolute Gasteiger partial charge is 0.306 e. The van der Waals surface area contributed by atoms with Crippen LogP contribution in [0.2, 0.25) is 10.0 Å². The monoisotopic (exact) mass is 312 g/mol. The molecule has 1 aliphatic heterocycles. The molecule has 1 saturated carbocycles. The first-order valence-corrected chi connectivity index (χ1v) is 8.27. The Hall–Kier alpha value is -0.280. The van der Waals surface area contributed by atoms with Crippen molar-refractivity contribution in [1.82, 2.24) is 10.2 Å². The van der Waals surface area contributed by atoms with Gasteiger partial charge in [-0.3, -0.25) is 4.90 Å². The third-order valence-corrected chi connectivity index (χ3v) is 5.41. The van der Waals surface area contributed by atoms with Crippen molar-refractivity contribution in [1.29, 1.82) is 0 Å². The molecule has 0 unspecified atom stereocenters. The van der Waals surface area contributed by atoms with Crippen LogP contribution < -0.4 is 5.32 Å². The zero-order valence-electron chi connectivity index (χ0n) is 12.1. The molecule has 3 atom stereocenters. The number of hydrogen-bond donors (Lipinski definition) is 1. The van der Waals surface area contributed by atoms with Crippen molar-refractivity contribution in [2.75, 3.05) is 6.54 Å². The Morgan fingerprint density at radius 1 is 1.30 bits per heavy atom. The Morgan fingerprint density at radius 3 is 2.75 bits per heavy atom. The maximum atomic E-state index is 6.31. The van der Waals surface area contributed by atoms with Gasteiger partial charge in [0, 0.05) is 30.7 Å². The van der Waals surface area contributed by atoms with E-state index in [1.165, 1.54) is 19.3 Å². The van der Waals surface area contributed by atoms with E-state index in [4.69, 9.17) is 23.2 Å². The fraction of sp³-hybridized carbons (Fsp3) is 0.625. The zero-order chi connectivity index (χ0) is 14.3. The van der Waals surface area contributed by atoms with E-state index in [1.807, 2.05) is 12.1 Å². The molecule has 2 nitrogen and oxygen atoms in total. The summed E-state index contributed by atoms with van der Waals surface area (Å²) >= 11 is 12.4. The summed E-state index contributed by atoms with van der Waals surface area (Å²) < 4.78 is 0. The molecule has 1 aromatic rings. The Labute approximate surface area is 131 Å². The molecule has 4 heteroatoms. The Kier molecular flexibility index (Phi) is 4.28. The van der Waals surface area contributed by atoms with Gasteiger partial charge in [-0.05, 0) is 44.7 Å². The van der Waals surface area contributed by atoms with Gasteiger partial charge in [0.15, 0.2) is 0 Å². The lowest BCUT2D eigenvalue weighted by Crippen LogP contribution is -2.35. The molecule has 0 bridgehead atoms. The molecule has 1 aromatic carbocycles. The summed E-state index contributed by atoms with van der Waals surface area (Å²) in [6.07, 6.45) is 3.98. The molecule has 20 heavy (non-hydrogen) atoms. The van der Waals surface area contributed by atoms with Crippen LogP contribution in [-0.4, -0.2) is 29.6 Å². The Morgan fingerprint density at radius 2 is 2.05 bits per heavy atom. The summed E-state index contributed by atoms with van der Waals surface area (Å²) in [5, 5.41) is 5.04. The standard InChI is InChI=1S/C16H22Cl2N2/c1-10-8-12(9-20(10)13-6-7-13)19-11(2)14-4-3-5-15(17)16(14)18/h3-5,10-13,19H,6-9H2,1-2H3/t10-,11-,12+/m0/s1. The molecular formula is C16H22Cl2N2. The van der Waals surface area contributed by atoms with Gasteiger partial charge in [-0.25, -0.2) is 0 Å². The van der Waals surface area contributed by atoms with Gasteiger partial charge < -0.3 is 5.32 Å². The van der Waals surface area contributed by atoms with Crippen LogP contribution in [0.25, 0.3) is 0 Å². The molecule has 1 saturated heterocycles. The highest BCUT2D eigenvalue weighted by molar-refractivity contribution is 6.42. The lowest BCUT2D eigenvalue weighted by atomic mass is 10.1. The van der Waals surface area contributed by atoms with Crippen LogP contribution in [0.4, 0.5) is 0 Å². The minimum absolute atomic E-state index is 0.234. The summed E-state index contributed by atoms with van der Waals surface area (Å²) in [6, 6.07) is 8.20. The third-order valence-electron chi connectivity index (χ3n) is 4.57. The first kappa shape index (κ1) is 14.6.